The number of methoxy groups -OCH3 is 1. The fraction of sp³-hybridized carbons (Fsp3) is 0.667. The fourth-order valence-corrected chi connectivity index (χ4v) is 5.24. The monoisotopic (exact) mass is 271 g/mol. The van der Waals surface area contributed by atoms with Crippen molar-refractivity contribution in [3.8, 4) is 5.75 Å². The second-order valence-electron chi connectivity index (χ2n) is 7.36. The molecule has 1 aromatic carbocycles. The van der Waals surface area contributed by atoms with Gasteiger partial charge in [0.1, 0.15) is 5.75 Å². The molecule has 0 aromatic heterocycles. The number of aryl methyl sites for hydroxylation is 1. The highest BCUT2D eigenvalue weighted by Gasteiger charge is 2.63. The Bertz CT molecular complexity index is 567. The van der Waals surface area contributed by atoms with E-state index in [9.17, 15) is 0 Å². The molecule has 0 heterocycles. The summed E-state index contributed by atoms with van der Waals surface area (Å²) in [6, 6.07) is 4.82. The molecule has 0 aliphatic heterocycles. The van der Waals surface area contributed by atoms with Gasteiger partial charge in [-0.2, -0.15) is 0 Å². The van der Waals surface area contributed by atoms with Crippen LogP contribution in [0.1, 0.15) is 55.2 Å². The predicted octanol–water partition coefficient (Wildman–Crippen LogP) is 3.51. The van der Waals surface area contributed by atoms with Crippen LogP contribution in [-0.4, -0.2) is 13.2 Å². The minimum atomic E-state index is 0.144. The first-order valence-electron chi connectivity index (χ1n) is 8.02. The first-order valence-corrected chi connectivity index (χ1v) is 8.02. The van der Waals surface area contributed by atoms with Crippen LogP contribution < -0.4 is 10.5 Å². The van der Waals surface area contributed by atoms with E-state index >= 15 is 0 Å². The van der Waals surface area contributed by atoms with Crippen LogP contribution in [0.5, 0.6) is 5.75 Å². The molecular formula is C18H25NO. The predicted molar refractivity (Wildman–Crippen MR) is 81.2 cm³/mol. The molecule has 2 N–H and O–H groups in total. The van der Waals surface area contributed by atoms with Gasteiger partial charge in [-0.1, -0.05) is 19.8 Å². The summed E-state index contributed by atoms with van der Waals surface area (Å²) in [6.45, 7) is 4.65. The summed E-state index contributed by atoms with van der Waals surface area (Å²) in [5.41, 5.74) is 11.4. The van der Waals surface area contributed by atoms with Crippen LogP contribution >= 0.6 is 0 Å². The molecule has 3 aliphatic rings. The van der Waals surface area contributed by atoms with E-state index in [1.165, 1.54) is 36.8 Å². The summed E-state index contributed by atoms with van der Waals surface area (Å²) in [7, 11) is 1.77. The van der Waals surface area contributed by atoms with Gasteiger partial charge in [-0.15, -0.1) is 0 Å². The zero-order chi connectivity index (χ0) is 14.1. The van der Waals surface area contributed by atoms with Crippen molar-refractivity contribution in [3.63, 3.8) is 0 Å². The lowest BCUT2D eigenvalue weighted by Crippen LogP contribution is -2.48. The van der Waals surface area contributed by atoms with Crippen molar-refractivity contribution < 1.29 is 4.74 Å². The van der Waals surface area contributed by atoms with Gasteiger partial charge in [-0.3, -0.25) is 0 Å². The lowest BCUT2D eigenvalue weighted by atomic mass is 9.64. The fourth-order valence-electron chi connectivity index (χ4n) is 5.24. The van der Waals surface area contributed by atoms with E-state index in [0.29, 0.717) is 6.04 Å². The Kier molecular flexibility index (Phi) is 2.54. The van der Waals surface area contributed by atoms with Crippen LogP contribution in [0.3, 0.4) is 0 Å². The molecule has 2 saturated carbocycles. The van der Waals surface area contributed by atoms with E-state index in [4.69, 9.17) is 10.5 Å². The molecule has 5 unspecified atom stereocenters. The van der Waals surface area contributed by atoms with Gasteiger partial charge < -0.3 is 10.5 Å². The van der Waals surface area contributed by atoms with Crippen LogP contribution in [0.4, 0.5) is 0 Å². The largest absolute Gasteiger partial charge is 0.497 e. The lowest BCUT2D eigenvalue weighted by molar-refractivity contribution is 0.270. The molecule has 0 saturated heterocycles. The van der Waals surface area contributed by atoms with E-state index in [2.05, 4.69) is 26.0 Å². The zero-order valence-corrected chi connectivity index (χ0v) is 12.8. The summed E-state index contributed by atoms with van der Waals surface area (Å²) in [5.74, 6) is 3.31. The van der Waals surface area contributed by atoms with Crippen LogP contribution in [0.15, 0.2) is 12.1 Å². The molecule has 20 heavy (non-hydrogen) atoms. The van der Waals surface area contributed by atoms with Gasteiger partial charge >= 0.3 is 0 Å². The van der Waals surface area contributed by atoms with Gasteiger partial charge in [0.15, 0.2) is 0 Å². The van der Waals surface area contributed by atoms with Gasteiger partial charge in [0.2, 0.25) is 0 Å². The van der Waals surface area contributed by atoms with Crippen molar-refractivity contribution in [1.29, 1.82) is 0 Å². The van der Waals surface area contributed by atoms with E-state index in [-0.39, 0.29) is 5.41 Å². The minimum absolute atomic E-state index is 0.144. The molecule has 0 radical (unpaired) electrons. The quantitative estimate of drug-likeness (QED) is 0.848. The maximum absolute atomic E-state index is 6.72. The van der Waals surface area contributed by atoms with Crippen molar-refractivity contribution in [3.05, 3.63) is 28.8 Å². The lowest BCUT2D eigenvalue weighted by Gasteiger charge is -2.42. The van der Waals surface area contributed by atoms with Crippen molar-refractivity contribution in [2.75, 3.05) is 7.11 Å². The second kappa shape index (κ2) is 4.00. The summed E-state index contributed by atoms with van der Waals surface area (Å²) in [6.07, 6.45) is 5.30. The number of nitrogens with two attached hydrogens (primary N) is 1. The van der Waals surface area contributed by atoms with E-state index in [1.54, 1.807) is 12.7 Å². The number of ether oxygens (including phenoxy) is 1. The van der Waals surface area contributed by atoms with E-state index in [0.717, 1.165) is 23.5 Å². The van der Waals surface area contributed by atoms with Gasteiger partial charge in [0.05, 0.1) is 7.11 Å². The number of benzene rings is 1. The van der Waals surface area contributed by atoms with Gasteiger partial charge in [-0.25, -0.2) is 0 Å². The van der Waals surface area contributed by atoms with Crippen LogP contribution in [0, 0.1) is 18.8 Å². The van der Waals surface area contributed by atoms with Crippen molar-refractivity contribution in [1.82, 2.24) is 0 Å². The third-order valence-electron chi connectivity index (χ3n) is 6.41. The number of hydrogen-bond acceptors (Lipinski definition) is 2. The van der Waals surface area contributed by atoms with Crippen molar-refractivity contribution in [2.24, 2.45) is 17.6 Å². The Morgan fingerprint density at radius 2 is 2.10 bits per heavy atom. The molecule has 2 heteroatoms. The molecule has 0 spiro atoms. The summed E-state index contributed by atoms with van der Waals surface area (Å²) in [5, 5.41) is 0. The highest BCUT2D eigenvalue weighted by molar-refractivity contribution is 5.54. The molecule has 108 valence electrons. The number of hydrogen-bond donors (Lipinski definition) is 1. The van der Waals surface area contributed by atoms with E-state index in [1.807, 2.05) is 0 Å². The summed E-state index contributed by atoms with van der Waals surface area (Å²) < 4.78 is 5.52. The SMILES string of the molecule is COc1cc(C)c2c(c1)C1(C)CCCCC3C2C3C1N. The average Bonchev–Trinajstić information content (AvgIpc) is 3.12. The molecule has 0 amide bonds. The normalized spacial score (nSPS) is 41.4. The molecular weight excluding hydrogens is 246 g/mol. The van der Waals surface area contributed by atoms with Crippen LogP contribution in [0.2, 0.25) is 0 Å². The highest BCUT2D eigenvalue weighted by Crippen LogP contribution is 2.67. The van der Waals surface area contributed by atoms with Gasteiger partial charge in [0, 0.05) is 11.5 Å². The first-order chi connectivity index (χ1) is 9.58. The third-order valence-corrected chi connectivity index (χ3v) is 6.41. The average molecular weight is 271 g/mol. The Hall–Kier alpha value is -1.02. The van der Waals surface area contributed by atoms with Crippen LogP contribution in [0.25, 0.3) is 0 Å². The molecule has 2 fully saturated rings. The number of fused-ring (bicyclic) bond motifs is 5. The topological polar surface area (TPSA) is 35.2 Å². The van der Waals surface area contributed by atoms with Crippen LogP contribution in [-0.2, 0) is 5.41 Å². The molecule has 5 atom stereocenters. The standard InChI is InChI=1S/C18H25NO/c1-10-8-11(20-3)9-13-14(10)15-12-6-4-5-7-18(13,2)17(19)16(12)15/h8-9,12,15-17H,4-7,19H2,1-3H3. The Morgan fingerprint density at radius 3 is 2.85 bits per heavy atom. The number of rotatable bonds is 1. The molecule has 4 rings (SSSR count). The maximum atomic E-state index is 6.72. The Morgan fingerprint density at radius 1 is 1.30 bits per heavy atom. The van der Waals surface area contributed by atoms with E-state index < -0.39 is 0 Å². The van der Waals surface area contributed by atoms with Crippen molar-refractivity contribution in [2.45, 2.75) is 56.9 Å². The third kappa shape index (κ3) is 1.43. The molecule has 1 aromatic rings. The molecule has 2 bridgehead atoms. The maximum Gasteiger partial charge on any atom is 0.119 e. The Labute approximate surface area is 121 Å². The van der Waals surface area contributed by atoms with Crippen molar-refractivity contribution >= 4 is 0 Å². The summed E-state index contributed by atoms with van der Waals surface area (Å²) in [4.78, 5) is 0. The summed E-state index contributed by atoms with van der Waals surface area (Å²) >= 11 is 0. The Balaban J connectivity index is 1.96. The van der Waals surface area contributed by atoms with Gasteiger partial charge in [-0.05, 0) is 66.3 Å². The zero-order valence-electron chi connectivity index (χ0n) is 12.8. The highest BCUT2D eigenvalue weighted by atomic mass is 16.5. The van der Waals surface area contributed by atoms with Gasteiger partial charge in [0.25, 0.3) is 0 Å². The smallest absolute Gasteiger partial charge is 0.119 e. The minimum Gasteiger partial charge on any atom is -0.497 e. The molecule has 2 nitrogen and oxygen atoms in total. The molecule has 3 aliphatic carbocycles. The first kappa shape index (κ1) is 12.7. The second-order valence-corrected chi connectivity index (χ2v) is 7.36.